The van der Waals surface area contributed by atoms with E-state index < -0.39 is 11.4 Å². The molecule has 25 heavy (non-hydrogen) atoms. The molecule has 0 saturated carbocycles. The van der Waals surface area contributed by atoms with Gasteiger partial charge in [-0.05, 0) is 53.7 Å². The number of hydrogen-bond acceptors (Lipinski definition) is 3. The molecule has 0 aliphatic heterocycles. The number of nitrogens with one attached hydrogen (secondary N) is 2. The molecule has 0 bridgehead atoms. The molecular formula is C17H15F3N2O2S. The average Bonchev–Trinajstić information content (AvgIpc) is 2.51. The predicted octanol–water partition coefficient (Wildman–Crippen LogP) is 4.19. The zero-order valence-corrected chi connectivity index (χ0v) is 14.0. The first kappa shape index (κ1) is 18.9. The normalized spacial score (nSPS) is 11.0. The van der Waals surface area contributed by atoms with Crippen molar-refractivity contribution in [3.8, 4) is 0 Å². The van der Waals surface area contributed by atoms with Crippen LogP contribution in [0, 0.1) is 0 Å². The van der Waals surface area contributed by atoms with Gasteiger partial charge in [-0.15, -0.1) is 0 Å². The lowest BCUT2D eigenvalue weighted by Crippen LogP contribution is -2.22. The molecule has 0 atom stereocenters. The van der Waals surface area contributed by atoms with E-state index in [0.29, 0.717) is 5.69 Å². The third-order valence-corrected chi connectivity index (χ3v) is 3.79. The van der Waals surface area contributed by atoms with Gasteiger partial charge in [0.2, 0.25) is 5.91 Å². The fourth-order valence-corrected chi connectivity index (χ4v) is 2.59. The molecule has 0 saturated heterocycles. The van der Waals surface area contributed by atoms with E-state index in [2.05, 4.69) is 10.6 Å². The summed E-state index contributed by atoms with van der Waals surface area (Å²) < 4.78 is 36.8. The summed E-state index contributed by atoms with van der Waals surface area (Å²) >= 11 is -0.228. The highest BCUT2D eigenvalue weighted by atomic mass is 32.2. The fraction of sp³-hybridized carbons (Fsp3) is 0.176. The lowest BCUT2D eigenvalue weighted by Gasteiger charge is -2.09. The lowest BCUT2D eigenvalue weighted by molar-refractivity contribution is -0.114. The molecule has 2 N–H and O–H groups in total. The van der Waals surface area contributed by atoms with E-state index in [0.717, 1.165) is 5.56 Å². The second-order valence-corrected chi connectivity index (χ2v) is 6.27. The summed E-state index contributed by atoms with van der Waals surface area (Å²) in [5.41, 5.74) is -2.69. The maximum absolute atomic E-state index is 12.3. The summed E-state index contributed by atoms with van der Waals surface area (Å²) in [7, 11) is 0. The Labute approximate surface area is 146 Å². The van der Waals surface area contributed by atoms with Crippen molar-refractivity contribution in [2.45, 2.75) is 23.9 Å². The Kier molecular flexibility index (Phi) is 6.08. The van der Waals surface area contributed by atoms with Crippen LogP contribution in [0.15, 0.2) is 53.4 Å². The highest BCUT2D eigenvalue weighted by Crippen LogP contribution is 2.36. The van der Waals surface area contributed by atoms with E-state index in [4.69, 9.17) is 0 Å². The minimum Gasteiger partial charge on any atom is -0.348 e. The first-order valence-electron chi connectivity index (χ1n) is 7.23. The molecule has 0 spiro atoms. The Balaban J connectivity index is 1.95. The fourth-order valence-electron chi connectivity index (χ4n) is 2.05. The highest BCUT2D eigenvalue weighted by molar-refractivity contribution is 8.00. The third-order valence-electron chi connectivity index (χ3n) is 3.05. The van der Waals surface area contributed by atoms with Gasteiger partial charge in [-0.25, -0.2) is 0 Å². The Morgan fingerprint density at radius 1 is 1.08 bits per heavy atom. The molecule has 0 radical (unpaired) electrons. The van der Waals surface area contributed by atoms with Crippen molar-refractivity contribution in [1.82, 2.24) is 5.32 Å². The zero-order valence-electron chi connectivity index (χ0n) is 13.2. The topological polar surface area (TPSA) is 58.2 Å². The Morgan fingerprint density at radius 2 is 1.76 bits per heavy atom. The summed E-state index contributed by atoms with van der Waals surface area (Å²) in [4.78, 5) is 23.1. The molecule has 8 heteroatoms. The van der Waals surface area contributed by atoms with Gasteiger partial charge >= 0.3 is 5.51 Å². The number of anilines is 1. The van der Waals surface area contributed by atoms with Crippen molar-refractivity contribution in [3.05, 3.63) is 59.7 Å². The summed E-state index contributed by atoms with van der Waals surface area (Å²) in [5, 5.41) is 5.33. The van der Waals surface area contributed by atoms with E-state index in [9.17, 15) is 22.8 Å². The number of carbonyl (C=O) groups excluding carboxylic acids is 2. The van der Waals surface area contributed by atoms with Gasteiger partial charge in [-0.3, -0.25) is 9.59 Å². The van der Waals surface area contributed by atoms with Gasteiger partial charge < -0.3 is 10.6 Å². The summed E-state index contributed by atoms with van der Waals surface area (Å²) in [6.07, 6.45) is 0. The predicted molar refractivity (Wildman–Crippen MR) is 90.3 cm³/mol. The summed E-state index contributed by atoms with van der Waals surface area (Å²) in [5.74, 6) is -0.591. The van der Waals surface area contributed by atoms with Crippen molar-refractivity contribution in [2.75, 3.05) is 5.32 Å². The van der Waals surface area contributed by atoms with Crippen LogP contribution in [0.25, 0.3) is 0 Å². The van der Waals surface area contributed by atoms with Gasteiger partial charge in [0, 0.05) is 29.6 Å². The number of benzene rings is 2. The van der Waals surface area contributed by atoms with Gasteiger partial charge in [0.05, 0.1) is 0 Å². The Morgan fingerprint density at radius 3 is 2.36 bits per heavy atom. The maximum atomic E-state index is 12.3. The van der Waals surface area contributed by atoms with E-state index in [1.54, 1.807) is 24.3 Å². The number of hydrogen-bond donors (Lipinski definition) is 2. The van der Waals surface area contributed by atoms with Gasteiger partial charge in [-0.2, -0.15) is 13.2 Å². The molecule has 0 fully saturated rings. The number of amides is 2. The number of thioether (sulfide) groups is 1. The smallest absolute Gasteiger partial charge is 0.348 e. The van der Waals surface area contributed by atoms with Crippen molar-refractivity contribution in [3.63, 3.8) is 0 Å². The van der Waals surface area contributed by atoms with Crippen LogP contribution in [0.5, 0.6) is 0 Å². The van der Waals surface area contributed by atoms with Crippen molar-refractivity contribution < 1.29 is 22.8 Å². The molecule has 0 aliphatic rings. The first-order valence-corrected chi connectivity index (χ1v) is 8.05. The van der Waals surface area contributed by atoms with Crippen LogP contribution in [0.3, 0.4) is 0 Å². The minimum absolute atomic E-state index is 0.0204. The molecule has 132 valence electrons. The lowest BCUT2D eigenvalue weighted by atomic mass is 10.1. The average molecular weight is 368 g/mol. The molecule has 2 rings (SSSR count). The summed E-state index contributed by atoms with van der Waals surface area (Å²) in [6.45, 7) is 1.63. The van der Waals surface area contributed by atoms with Crippen LogP contribution < -0.4 is 10.6 Å². The van der Waals surface area contributed by atoms with Crippen molar-refractivity contribution >= 4 is 29.3 Å². The molecule has 2 amide bonds. The van der Waals surface area contributed by atoms with E-state index >= 15 is 0 Å². The molecular weight excluding hydrogens is 353 g/mol. The zero-order chi connectivity index (χ0) is 18.4. The number of halogens is 3. The second kappa shape index (κ2) is 8.06. The quantitative estimate of drug-likeness (QED) is 0.778. The molecule has 4 nitrogen and oxygen atoms in total. The van der Waals surface area contributed by atoms with Crippen LogP contribution in [0.4, 0.5) is 18.9 Å². The SMILES string of the molecule is CC(=O)Nc1cccc(CNC(=O)c2ccc(SC(F)(F)F)cc2)c1. The number of rotatable bonds is 5. The summed E-state index contributed by atoms with van der Waals surface area (Å²) in [6, 6.07) is 12.2. The molecule has 0 heterocycles. The third kappa shape index (κ3) is 6.50. The Bertz CT molecular complexity index is 761. The highest BCUT2D eigenvalue weighted by Gasteiger charge is 2.29. The van der Waals surface area contributed by atoms with Crippen molar-refractivity contribution in [2.24, 2.45) is 0 Å². The van der Waals surface area contributed by atoms with E-state index in [-0.39, 0.29) is 34.7 Å². The standard InChI is InChI=1S/C17H15F3N2O2S/c1-11(23)22-14-4-2-3-12(9-14)10-21-16(24)13-5-7-15(8-6-13)25-17(18,19)20/h2-9H,10H2,1H3,(H,21,24)(H,22,23). The van der Waals surface area contributed by atoms with Crippen LogP contribution in [0.1, 0.15) is 22.8 Å². The monoisotopic (exact) mass is 368 g/mol. The number of carbonyl (C=O) groups is 2. The molecule has 2 aromatic carbocycles. The van der Waals surface area contributed by atoms with Gasteiger partial charge in [0.1, 0.15) is 0 Å². The van der Waals surface area contributed by atoms with Gasteiger partial charge in [-0.1, -0.05) is 12.1 Å². The van der Waals surface area contributed by atoms with Crippen LogP contribution in [-0.4, -0.2) is 17.3 Å². The van der Waals surface area contributed by atoms with Gasteiger partial charge in [0.15, 0.2) is 0 Å². The Hall–Kier alpha value is -2.48. The minimum atomic E-state index is -4.36. The van der Waals surface area contributed by atoms with Crippen LogP contribution in [-0.2, 0) is 11.3 Å². The maximum Gasteiger partial charge on any atom is 0.446 e. The van der Waals surface area contributed by atoms with E-state index in [1.165, 1.54) is 31.2 Å². The van der Waals surface area contributed by atoms with Crippen LogP contribution >= 0.6 is 11.8 Å². The largest absolute Gasteiger partial charge is 0.446 e. The molecule has 0 unspecified atom stereocenters. The van der Waals surface area contributed by atoms with Crippen LogP contribution in [0.2, 0.25) is 0 Å². The van der Waals surface area contributed by atoms with Gasteiger partial charge in [0.25, 0.3) is 5.91 Å². The number of alkyl halides is 3. The van der Waals surface area contributed by atoms with Crippen molar-refractivity contribution in [1.29, 1.82) is 0 Å². The first-order chi connectivity index (χ1) is 11.7. The molecule has 2 aromatic rings. The van der Waals surface area contributed by atoms with E-state index in [1.807, 2.05) is 0 Å². The molecule has 0 aliphatic carbocycles. The molecule has 0 aromatic heterocycles. The second-order valence-electron chi connectivity index (χ2n) is 5.14.